The van der Waals surface area contributed by atoms with Crippen LogP contribution in [-0.2, 0) is 0 Å². The van der Waals surface area contributed by atoms with E-state index in [1.54, 1.807) is 0 Å². The van der Waals surface area contributed by atoms with Gasteiger partial charge in [-0.2, -0.15) is 0 Å². The lowest BCUT2D eigenvalue weighted by atomic mass is 9.99. The molecule has 0 fully saturated rings. The Morgan fingerprint density at radius 1 is 0.439 bits per heavy atom. The summed E-state index contributed by atoms with van der Waals surface area (Å²) >= 11 is 0. The van der Waals surface area contributed by atoms with Crippen molar-refractivity contribution in [2.24, 2.45) is 0 Å². The first kappa shape index (κ1) is 23.3. The highest BCUT2D eigenvalue weighted by molar-refractivity contribution is 6.17. The molecule has 0 saturated heterocycles. The average Bonchev–Trinajstić information content (AvgIpc) is 3.42. The van der Waals surface area contributed by atoms with E-state index in [1.807, 2.05) is 60.7 Å². The molecular formula is C37H23N3O. The van der Waals surface area contributed by atoms with Crippen LogP contribution in [0.2, 0.25) is 0 Å². The summed E-state index contributed by atoms with van der Waals surface area (Å²) in [5, 5.41) is 2.91. The van der Waals surface area contributed by atoms with Crippen LogP contribution in [0, 0.1) is 0 Å². The monoisotopic (exact) mass is 525 g/mol. The lowest BCUT2D eigenvalue weighted by Gasteiger charge is -2.12. The van der Waals surface area contributed by atoms with Gasteiger partial charge in [-0.15, -0.1) is 0 Å². The molecule has 3 aromatic heterocycles. The number of aromatic nitrogens is 3. The van der Waals surface area contributed by atoms with E-state index >= 15 is 0 Å². The fourth-order valence-corrected chi connectivity index (χ4v) is 5.56. The highest BCUT2D eigenvalue weighted by Gasteiger charge is 2.21. The van der Waals surface area contributed by atoms with Crippen molar-refractivity contribution in [3.63, 3.8) is 0 Å². The maximum absolute atomic E-state index is 6.25. The molecule has 0 bridgehead atoms. The van der Waals surface area contributed by atoms with Gasteiger partial charge in [0.2, 0.25) is 5.71 Å². The third-order valence-electron chi connectivity index (χ3n) is 7.51. The zero-order valence-electron chi connectivity index (χ0n) is 22.0. The van der Waals surface area contributed by atoms with E-state index in [4.69, 9.17) is 19.4 Å². The molecule has 8 aromatic rings. The predicted octanol–water partition coefficient (Wildman–Crippen LogP) is 9.59. The number of hydrogen-bond acceptors (Lipinski definition) is 4. The summed E-state index contributed by atoms with van der Waals surface area (Å²) in [7, 11) is 0. The van der Waals surface area contributed by atoms with Gasteiger partial charge in [-0.1, -0.05) is 115 Å². The minimum atomic E-state index is 0.584. The first-order valence-electron chi connectivity index (χ1n) is 13.6. The highest BCUT2D eigenvalue weighted by Crippen LogP contribution is 2.40. The van der Waals surface area contributed by atoms with Crippen molar-refractivity contribution in [3.8, 4) is 45.0 Å². The smallest absolute Gasteiger partial charge is 0.228 e. The Balaban J connectivity index is 1.44. The average molecular weight is 526 g/mol. The maximum Gasteiger partial charge on any atom is 0.228 e. The maximum atomic E-state index is 6.25. The molecule has 0 N–H and O–H groups in total. The minimum absolute atomic E-state index is 0.584. The molecule has 3 heterocycles. The Hall–Kier alpha value is -5.61. The number of fused-ring (bicyclic) bond motifs is 4. The van der Waals surface area contributed by atoms with Crippen LogP contribution in [0.5, 0.6) is 0 Å². The molecule has 0 radical (unpaired) electrons. The highest BCUT2D eigenvalue weighted by atomic mass is 16.3. The van der Waals surface area contributed by atoms with Crippen molar-refractivity contribution in [1.82, 2.24) is 15.0 Å². The van der Waals surface area contributed by atoms with E-state index in [9.17, 15) is 0 Å². The Morgan fingerprint density at radius 3 is 1.85 bits per heavy atom. The molecule has 0 atom stereocenters. The second-order valence-corrected chi connectivity index (χ2v) is 10.1. The fraction of sp³-hybridized carbons (Fsp3) is 0. The molecule has 41 heavy (non-hydrogen) atoms. The van der Waals surface area contributed by atoms with Crippen molar-refractivity contribution in [3.05, 3.63) is 140 Å². The molecule has 8 rings (SSSR count). The van der Waals surface area contributed by atoms with Crippen molar-refractivity contribution in [2.75, 3.05) is 0 Å². The van der Waals surface area contributed by atoms with Crippen molar-refractivity contribution < 1.29 is 4.42 Å². The molecule has 0 aliphatic carbocycles. The van der Waals surface area contributed by atoms with Crippen LogP contribution in [0.3, 0.4) is 0 Å². The zero-order chi connectivity index (χ0) is 27.2. The van der Waals surface area contributed by atoms with Gasteiger partial charge in [0, 0.05) is 27.5 Å². The van der Waals surface area contributed by atoms with E-state index in [0.29, 0.717) is 11.5 Å². The van der Waals surface area contributed by atoms with Crippen molar-refractivity contribution >= 4 is 33.0 Å². The second kappa shape index (κ2) is 9.54. The number of hydrogen-bond donors (Lipinski definition) is 0. The summed E-state index contributed by atoms with van der Waals surface area (Å²) in [5.74, 6) is 0.640. The van der Waals surface area contributed by atoms with Crippen LogP contribution in [0.25, 0.3) is 78.0 Å². The number of para-hydroxylation sites is 2. The normalized spacial score (nSPS) is 11.4. The van der Waals surface area contributed by atoms with Gasteiger partial charge in [-0.05, 0) is 35.4 Å². The van der Waals surface area contributed by atoms with Gasteiger partial charge in [0.1, 0.15) is 5.58 Å². The molecule has 192 valence electrons. The quantitative estimate of drug-likeness (QED) is 0.230. The van der Waals surface area contributed by atoms with E-state index in [1.165, 1.54) is 5.56 Å². The molecular weight excluding hydrogens is 502 g/mol. The zero-order valence-corrected chi connectivity index (χ0v) is 22.0. The molecule has 4 nitrogen and oxygen atoms in total. The summed E-state index contributed by atoms with van der Waals surface area (Å²) in [4.78, 5) is 15.3. The number of rotatable bonds is 4. The van der Waals surface area contributed by atoms with E-state index in [0.717, 1.165) is 60.9 Å². The summed E-state index contributed by atoms with van der Waals surface area (Å²) in [5.41, 5.74) is 9.22. The lowest BCUT2D eigenvalue weighted by Crippen LogP contribution is -1.98. The lowest BCUT2D eigenvalue weighted by molar-refractivity contribution is 0.656. The molecule has 0 aliphatic rings. The summed E-state index contributed by atoms with van der Waals surface area (Å²) in [6.45, 7) is 0. The van der Waals surface area contributed by atoms with Crippen LogP contribution in [0.15, 0.2) is 144 Å². The summed E-state index contributed by atoms with van der Waals surface area (Å²) < 4.78 is 6.25. The van der Waals surface area contributed by atoms with E-state index < -0.39 is 0 Å². The minimum Gasteiger partial charge on any atom is -0.438 e. The third-order valence-corrected chi connectivity index (χ3v) is 7.51. The number of benzene rings is 5. The van der Waals surface area contributed by atoms with Crippen LogP contribution in [-0.4, -0.2) is 15.0 Å². The molecule has 4 heteroatoms. The molecule has 0 amide bonds. The summed E-state index contributed by atoms with van der Waals surface area (Å²) in [6.07, 6.45) is 0. The summed E-state index contributed by atoms with van der Waals surface area (Å²) in [6, 6.07) is 47.5. The first-order chi connectivity index (χ1) is 20.3. The second-order valence-electron chi connectivity index (χ2n) is 10.1. The van der Waals surface area contributed by atoms with Crippen molar-refractivity contribution in [1.29, 1.82) is 0 Å². The van der Waals surface area contributed by atoms with E-state index in [-0.39, 0.29) is 0 Å². The topological polar surface area (TPSA) is 51.8 Å². The predicted molar refractivity (Wildman–Crippen MR) is 166 cm³/mol. The fourth-order valence-electron chi connectivity index (χ4n) is 5.56. The van der Waals surface area contributed by atoms with Gasteiger partial charge in [-0.25, -0.2) is 15.0 Å². The van der Waals surface area contributed by atoms with Gasteiger partial charge in [0.25, 0.3) is 0 Å². The van der Waals surface area contributed by atoms with Gasteiger partial charge >= 0.3 is 0 Å². The van der Waals surface area contributed by atoms with Gasteiger partial charge in [-0.3, -0.25) is 0 Å². The Kier molecular flexibility index (Phi) is 5.42. The largest absolute Gasteiger partial charge is 0.438 e. The first-order valence-corrected chi connectivity index (χ1v) is 13.6. The molecule has 0 aliphatic heterocycles. The molecule has 0 spiro atoms. The Bertz CT molecular complexity index is 2200. The molecule has 5 aromatic carbocycles. The van der Waals surface area contributed by atoms with Crippen LogP contribution >= 0.6 is 0 Å². The van der Waals surface area contributed by atoms with E-state index in [2.05, 4.69) is 78.9 Å². The molecule has 0 unspecified atom stereocenters. The van der Waals surface area contributed by atoms with Gasteiger partial charge in [0.15, 0.2) is 5.82 Å². The van der Waals surface area contributed by atoms with Crippen LogP contribution in [0.1, 0.15) is 0 Å². The Labute approximate surface area is 236 Å². The van der Waals surface area contributed by atoms with Crippen molar-refractivity contribution in [2.45, 2.75) is 0 Å². The standard InChI is InChI=1S/C37H23N3O/c1-3-12-24(13-4-1)26-16-11-17-27(22-26)32-23-31(25-14-5-2-6-15-25)38-36(39-32)34-28-18-7-9-20-30(28)40-37-35(34)29-19-8-10-21-33(29)41-37/h1-23H. The van der Waals surface area contributed by atoms with Crippen LogP contribution in [0.4, 0.5) is 0 Å². The number of nitrogens with zero attached hydrogens (tertiary/aromatic N) is 3. The SMILES string of the molecule is c1ccc(-c2cccc(-c3cc(-c4ccccc4)nc(-c4c5ccccc5nc5oc6ccccc6c45)n3)c2)cc1. The Morgan fingerprint density at radius 2 is 1.05 bits per heavy atom. The number of pyridine rings is 1. The van der Waals surface area contributed by atoms with Gasteiger partial charge < -0.3 is 4.42 Å². The number of furan rings is 1. The molecule has 0 saturated carbocycles. The third kappa shape index (κ3) is 4.05. The van der Waals surface area contributed by atoms with Crippen LogP contribution < -0.4 is 0 Å². The van der Waals surface area contributed by atoms with Gasteiger partial charge in [0.05, 0.1) is 22.3 Å².